The van der Waals surface area contributed by atoms with Crippen LogP contribution < -0.4 is 0 Å². The summed E-state index contributed by atoms with van der Waals surface area (Å²) in [6.45, 7) is 4.09. The summed E-state index contributed by atoms with van der Waals surface area (Å²) in [5.41, 5.74) is 0. The number of esters is 2. The Balaban J connectivity index is 3.54. The van der Waals surface area contributed by atoms with Gasteiger partial charge in [-0.3, -0.25) is 9.59 Å². The van der Waals surface area contributed by atoms with Gasteiger partial charge in [-0.25, -0.2) is 0 Å². The van der Waals surface area contributed by atoms with Gasteiger partial charge in [-0.15, -0.1) is 0 Å². The van der Waals surface area contributed by atoms with Crippen molar-refractivity contribution in [3.8, 4) is 0 Å². The van der Waals surface area contributed by atoms with E-state index < -0.39 is 6.10 Å². The highest BCUT2D eigenvalue weighted by atomic mass is 16.6. The molecule has 0 aliphatic heterocycles. The Labute approximate surface area is 248 Å². The van der Waals surface area contributed by atoms with Crippen LogP contribution in [-0.4, -0.2) is 36.4 Å². The SMILES string of the molecule is CCCC/C=C/CCCCCCCC(=O)O[C@@H](CO)COC(=O)CCCCCCCCCCCCCCCCC. The van der Waals surface area contributed by atoms with E-state index in [9.17, 15) is 14.7 Å². The number of carbonyl (C=O) groups is 2. The Morgan fingerprint density at radius 2 is 0.950 bits per heavy atom. The molecule has 0 amide bonds. The molecule has 5 nitrogen and oxygen atoms in total. The van der Waals surface area contributed by atoms with Gasteiger partial charge < -0.3 is 14.6 Å². The molecule has 236 valence electrons. The Morgan fingerprint density at radius 3 is 1.43 bits per heavy atom. The Bertz CT molecular complexity index is 574. The number of ether oxygens (including phenoxy) is 2. The van der Waals surface area contributed by atoms with E-state index >= 15 is 0 Å². The third-order valence-corrected chi connectivity index (χ3v) is 7.56. The van der Waals surface area contributed by atoms with E-state index in [-0.39, 0.29) is 25.2 Å². The summed E-state index contributed by atoms with van der Waals surface area (Å²) in [6, 6.07) is 0. The molecule has 0 aromatic carbocycles. The summed E-state index contributed by atoms with van der Waals surface area (Å²) >= 11 is 0. The molecule has 0 aromatic rings. The molecule has 1 atom stereocenters. The molecule has 0 saturated carbocycles. The number of carbonyl (C=O) groups excluding carboxylic acids is 2. The smallest absolute Gasteiger partial charge is 0.306 e. The molecule has 0 bridgehead atoms. The number of hydrogen-bond acceptors (Lipinski definition) is 5. The zero-order valence-electron chi connectivity index (χ0n) is 26.6. The minimum absolute atomic E-state index is 0.0639. The van der Waals surface area contributed by atoms with Crippen LogP contribution in [0.15, 0.2) is 12.2 Å². The number of hydrogen-bond donors (Lipinski definition) is 1. The number of aliphatic hydroxyl groups is 1. The highest BCUT2D eigenvalue weighted by molar-refractivity contribution is 5.70. The van der Waals surface area contributed by atoms with Gasteiger partial charge in [-0.05, 0) is 32.1 Å². The molecule has 0 aliphatic rings. The molecule has 0 spiro atoms. The Kier molecular flexibility index (Phi) is 31.1. The lowest BCUT2D eigenvalue weighted by Gasteiger charge is -2.15. The van der Waals surface area contributed by atoms with Crippen LogP contribution in [0.4, 0.5) is 0 Å². The van der Waals surface area contributed by atoms with Crippen LogP contribution in [0.1, 0.15) is 181 Å². The van der Waals surface area contributed by atoms with Gasteiger partial charge in [0.25, 0.3) is 0 Å². The van der Waals surface area contributed by atoms with Crippen LogP contribution in [0, 0.1) is 0 Å². The minimum Gasteiger partial charge on any atom is -0.462 e. The summed E-state index contributed by atoms with van der Waals surface area (Å²) in [5.74, 6) is -0.597. The van der Waals surface area contributed by atoms with Crippen LogP contribution in [0.5, 0.6) is 0 Å². The van der Waals surface area contributed by atoms with E-state index in [1.54, 1.807) is 0 Å². The number of rotatable bonds is 31. The lowest BCUT2D eigenvalue weighted by Crippen LogP contribution is -2.28. The highest BCUT2D eigenvalue weighted by Gasteiger charge is 2.16. The zero-order valence-corrected chi connectivity index (χ0v) is 26.6. The lowest BCUT2D eigenvalue weighted by atomic mass is 10.0. The summed E-state index contributed by atoms with van der Waals surface area (Å²) in [5, 5.41) is 9.49. The molecule has 0 rings (SSSR count). The quantitative estimate of drug-likeness (QED) is 0.0513. The average Bonchev–Trinajstić information content (AvgIpc) is 2.96. The van der Waals surface area contributed by atoms with Crippen molar-refractivity contribution in [3.63, 3.8) is 0 Å². The second-order valence-electron chi connectivity index (χ2n) is 11.6. The van der Waals surface area contributed by atoms with Crippen molar-refractivity contribution in [3.05, 3.63) is 12.2 Å². The third kappa shape index (κ3) is 29.6. The second kappa shape index (κ2) is 32.2. The summed E-state index contributed by atoms with van der Waals surface area (Å²) < 4.78 is 10.5. The van der Waals surface area contributed by atoms with Gasteiger partial charge in [0.05, 0.1) is 6.61 Å². The predicted octanol–water partition coefficient (Wildman–Crippen LogP) is 10.2. The maximum absolute atomic E-state index is 12.1. The van der Waals surface area contributed by atoms with Crippen molar-refractivity contribution < 1.29 is 24.2 Å². The van der Waals surface area contributed by atoms with Gasteiger partial charge >= 0.3 is 11.9 Å². The van der Waals surface area contributed by atoms with Gasteiger partial charge in [0, 0.05) is 12.8 Å². The van der Waals surface area contributed by atoms with Crippen LogP contribution >= 0.6 is 0 Å². The van der Waals surface area contributed by atoms with E-state index in [1.165, 1.54) is 109 Å². The molecular formula is C35H66O5. The zero-order chi connectivity index (χ0) is 29.4. The van der Waals surface area contributed by atoms with Gasteiger partial charge in [0.2, 0.25) is 0 Å². The fourth-order valence-electron chi connectivity index (χ4n) is 4.89. The minimum atomic E-state index is -0.767. The van der Waals surface area contributed by atoms with Crippen molar-refractivity contribution in [2.75, 3.05) is 13.2 Å². The van der Waals surface area contributed by atoms with Crippen molar-refractivity contribution in [1.29, 1.82) is 0 Å². The molecule has 1 N–H and O–H groups in total. The molecule has 0 fully saturated rings. The fraction of sp³-hybridized carbons (Fsp3) is 0.886. The van der Waals surface area contributed by atoms with Gasteiger partial charge in [-0.2, -0.15) is 0 Å². The number of allylic oxidation sites excluding steroid dienone is 2. The van der Waals surface area contributed by atoms with Crippen molar-refractivity contribution in [1.82, 2.24) is 0 Å². The van der Waals surface area contributed by atoms with Gasteiger partial charge in [0.1, 0.15) is 6.61 Å². The monoisotopic (exact) mass is 566 g/mol. The van der Waals surface area contributed by atoms with E-state index in [0.717, 1.165) is 44.9 Å². The van der Waals surface area contributed by atoms with E-state index in [4.69, 9.17) is 9.47 Å². The first-order valence-electron chi connectivity index (χ1n) is 17.2. The molecular weight excluding hydrogens is 500 g/mol. The second-order valence-corrected chi connectivity index (χ2v) is 11.6. The largest absolute Gasteiger partial charge is 0.462 e. The normalized spacial score (nSPS) is 12.2. The maximum Gasteiger partial charge on any atom is 0.306 e. The molecule has 0 heterocycles. The van der Waals surface area contributed by atoms with Crippen LogP contribution in [-0.2, 0) is 19.1 Å². The first-order chi connectivity index (χ1) is 19.6. The van der Waals surface area contributed by atoms with Crippen molar-refractivity contribution in [2.24, 2.45) is 0 Å². The molecule has 0 saturated heterocycles. The first kappa shape index (κ1) is 38.6. The number of unbranched alkanes of at least 4 members (excludes halogenated alkanes) is 21. The highest BCUT2D eigenvalue weighted by Crippen LogP contribution is 2.14. The van der Waals surface area contributed by atoms with Crippen molar-refractivity contribution in [2.45, 2.75) is 187 Å². The summed E-state index contributed by atoms with van der Waals surface area (Å²) in [4.78, 5) is 24.1. The van der Waals surface area contributed by atoms with E-state index in [0.29, 0.717) is 12.8 Å². The Morgan fingerprint density at radius 1 is 0.550 bits per heavy atom. The van der Waals surface area contributed by atoms with E-state index in [2.05, 4.69) is 26.0 Å². The fourth-order valence-corrected chi connectivity index (χ4v) is 4.89. The lowest BCUT2D eigenvalue weighted by molar-refractivity contribution is -0.161. The van der Waals surface area contributed by atoms with Crippen LogP contribution in [0.25, 0.3) is 0 Å². The molecule has 40 heavy (non-hydrogen) atoms. The first-order valence-corrected chi connectivity index (χ1v) is 17.2. The molecule has 0 aliphatic carbocycles. The average molecular weight is 567 g/mol. The van der Waals surface area contributed by atoms with Crippen LogP contribution in [0.3, 0.4) is 0 Å². The molecule has 0 aromatic heterocycles. The Hall–Kier alpha value is -1.36. The van der Waals surface area contributed by atoms with Crippen LogP contribution in [0.2, 0.25) is 0 Å². The molecule has 0 radical (unpaired) electrons. The maximum atomic E-state index is 12.1. The van der Waals surface area contributed by atoms with Gasteiger partial charge in [-0.1, -0.05) is 148 Å². The van der Waals surface area contributed by atoms with E-state index in [1.807, 2.05) is 0 Å². The predicted molar refractivity (Wildman–Crippen MR) is 168 cm³/mol. The number of aliphatic hydroxyl groups excluding tert-OH is 1. The molecule has 0 unspecified atom stereocenters. The third-order valence-electron chi connectivity index (χ3n) is 7.56. The topological polar surface area (TPSA) is 72.8 Å². The van der Waals surface area contributed by atoms with Gasteiger partial charge in [0.15, 0.2) is 6.10 Å². The molecule has 5 heteroatoms. The summed E-state index contributed by atoms with van der Waals surface area (Å²) in [7, 11) is 0. The standard InChI is InChI=1S/C35H66O5/c1-3-5-7-9-11-13-15-16-17-18-20-21-23-25-27-29-34(37)39-32-33(31-36)40-35(38)30-28-26-24-22-19-14-12-10-8-6-4-2/h10,12,33,36H,3-9,11,13-32H2,1-2H3/b12-10+/t33-/m0/s1. The summed E-state index contributed by atoms with van der Waals surface area (Å²) in [6.07, 6.45) is 34.1. The van der Waals surface area contributed by atoms with Crippen molar-refractivity contribution >= 4 is 11.9 Å².